The van der Waals surface area contributed by atoms with E-state index in [0.29, 0.717) is 10.0 Å². The Morgan fingerprint density at radius 1 is 1.31 bits per heavy atom. The van der Waals surface area contributed by atoms with Crippen molar-refractivity contribution in [3.05, 3.63) is 33.8 Å². The van der Waals surface area contributed by atoms with E-state index in [1.165, 1.54) is 0 Å². The molecule has 5 nitrogen and oxygen atoms in total. The van der Waals surface area contributed by atoms with Crippen molar-refractivity contribution in [2.45, 2.75) is 38.3 Å². The maximum Gasteiger partial charge on any atom is 0.191 e. The van der Waals surface area contributed by atoms with E-state index in [9.17, 15) is 0 Å². The van der Waals surface area contributed by atoms with Gasteiger partial charge in [0.05, 0.1) is 12.6 Å². The monoisotopic (exact) mass is 400 g/mol. The number of nitrogens with one attached hydrogen (secondary N) is 2. The van der Waals surface area contributed by atoms with Crippen LogP contribution in [0.2, 0.25) is 10.0 Å². The van der Waals surface area contributed by atoms with Crippen molar-refractivity contribution >= 4 is 29.2 Å². The highest BCUT2D eigenvalue weighted by Crippen LogP contribution is 2.27. The van der Waals surface area contributed by atoms with E-state index in [1.54, 1.807) is 6.07 Å². The second-order valence-electron chi connectivity index (χ2n) is 6.96. The zero-order chi connectivity index (χ0) is 19.2. The van der Waals surface area contributed by atoms with Gasteiger partial charge in [-0.05, 0) is 58.5 Å². The maximum absolute atomic E-state index is 6.34. The number of likely N-dealkylation sites (N-methyl/N-ethyl adjacent to an activating group) is 1. The molecule has 0 radical (unpaired) electrons. The van der Waals surface area contributed by atoms with Crippen molar-refractivity contribution in [1.82, 2.24) is 15.5 Å². The number of benzene rings is 1. The lowest BCUT2D eigenvalue weighted by molar-refractivity contribution is -0.00255. The van der Waals surface area contributed by atoms with Gasteiger partial charge in [0.1, 0.15) is 0 Å². The summed E-state index contributed by atoms with van der Waals surface area (Å²) in [5.74, 6) is 0.790. The summed E-state index contributed by atoms with van der Waals surface area (Å²) in [5.41, 5.74) is 1.04. The molecule has 1 aromatic carbocycles. The van der Waals surface area contributed by atoms with Crippen LogP contribution in [0.4, 0.5) is 0 Å². The third kappa shape index (κ3) is 5.49. The average molecular weight is 401 g/mol. The van der Waals surface area contributed by atoms with E-state index in [1.807, 2.05) is 12.1 Å². The summed E-state index contributed by atoms with van der Waals surface area (Å²) in [5, 5.41) is 8.07. The summed E-state index contributed by atoms with van der Waals surface area (Å²) in [6.07, 6.45) is 1.98. The van der Waals surface area contributed by atoms with Crippen molar-refractivity contribution in [1.29, 1.82) is 0 Å². The lowest BCUT2D eigenvalue weighted by atomic mass is 9.89. The second-order valence-corrected chi connectivity index (χ2v) is 7.80. The average Bonchev–Trinajstić information content (AvgIpc) is 2.60. The summed E-state index contributed by atoms with van der Waals surface area (Å²) in [6.45, 7) is 7.22. The van der Waals surface area contributed by atoms with Gasteiger partial charge in [0, 0.05) is 35.3 Å². The van der Waals surface area contributed by atoms with Crippen LogP contribution >= 0.6 is 23.2 Å². The van der Waals surface area contributed by atoms with Gasteiger partial charge in [-0.2, -0.15) is 0 Å². The third-order valence-electron chi connectivity index (χ3n) is 5.03. The molecule has 0 spiro atoms. The van der Waals surface area contributed by atoms with Gasteiger partial charge in [0.25, 0.3) is 0 Å². The molecule has 1 aliphatic rings. The molecule has 0 aromatic heterocycles. The highest BCUT2D eigenvalue weighted by Gasteiger charge is 2.34. The molecule has 1 atom stereocenters. The summed E-state index contributed by atoms with van der Waals surface area (Å²) in [4.78, 5) is 7.15. The zero-order valence-corrected chi connectivity index (χ0v) is 17.6. The molecule has 1 fully saturated rings. The fraction of sp³-hybridized carbons (Fsp3) is 0.632. The number of hydrogen-bond acceptors (Lipinski definition) is 3. The van der Waals surface area contributed by atoms with Crippen LogP contribution in [0.5, 0.6) is 0 Å². The van der Waals surface area contributed by atoms with Crippen LogP contribution in [0.25, 0.3) is 0 Å². The Kier molecular flexibility index (Phi) is 8.02. The van der Waals surface area contributed by atoms with Gasteiger partial charge in [-0.1, -0.05) is 29.3 Å². The van der Waals surface area contributed by atoms with Crippen LogP contribution in [-0.4, -0.2) is 56.8 Å². The molecule has 0 aliphatic carbocycles. The molecule has 1 aromatic rings. The summed E-state index contributed by atoms with van der Waals surface area (Å²) >= 11 is 12.3. The molecular weight excluding hydrogens is 371 g/mol. The standard InChI is InChI=1S/C19H30Cl2N4O/c1-5-22-18(23-13-19(25(3)4)8-10-26-11-9-19)24-14(2)16-7-6-15(20)12-17(16)21/h6-7,12,14H,5,8-11,13H2,1-4H3,(H2,22,23,24). The van der Waals surface area contributed by atoms with Gasteiger partial charge in [-0.15, -0.1) is 0 Å². The molecule has 0 saturated carbocycles. The fourth-order valence-corrected chi connectivity index (χ4v) is 3.75. The van der Waals surface area contributed by atoms with Crippen LogP contribution in [0.1, 0.15) is 38.3 Å². The van der Waals surface area contributed by atoms with Crippen molar-refractivity contribution < 1.29 is 4.74 Å². The Bertz CT molecular complexity index is 616. The Balaban J connectivity index is 2.12. The summed E-state index contributed by atoms with van der Waals surface area (Å²) < 4.78 is 5.54. The topological polar surface area (TPSA) is 48.9 Å². The maximum atomic E-state index is 6.34. The van der Waals surface area contributed by atoms with Crippen molar-refractivity contribution in [2.24, 2.45) is 4.99 Å². The van der Waals surface area contributed by atoms with Crippen molar-refractivity contribution in [3.63, 3.8) is 0 Å². The molecular formula is C19H30Cl2N4O. The Hall–Kier alpha value is -1.01. The summed E-state index contributed by atoms with van der Waals surface area (Å²) in [6, 6.07) is 5.59. The van der Waals surface area contributed by atoms with E-state index in [0.717, 1.165) is 50.7 Å². The van der Waals surface area contributed by atoms with Crippen LogP contribution in [-0.2, 0) is 4.74 Å². The highest BCUT2D eigenvalue weighted by molar-refractivity contribution is 6.35. The molecule has 1 unspecified atom stereocenters. The Morgan fingerprint density at radius 3 is 2.58 bits per heavy atom. The molecule has 7 heteroatoms. The number of hydrogen-bond donors (Lipinski definition) is 2. The molecule has 0 amide bonds. The number of ether oxygens (including phenoxy) is 1. The first kappa shape index (κ1) is 21.3. The molecule has 1 aliphatic heterocycles. The highest BCUT2D eigenvalue weighted by atomic mass is 35.5. The number of guanidine groups is 1. The first-order valence-corrected chi connectivity index (χ1v) is 9.88. The van der Waals surface area contributed by atoms with Gasteiger partial charge < -0.3 is 20.3 Å². The predicted molar refractivity (Wildman–Crippen MR) is 110 cm³/mol. The fourth-order valence-electron chi connectivity index (χ4n) is 3.18. The SMILES string of the molecule is CCNC(=NCC1(N(C)C)CCOCC1)NC(C)c1ccc(Cl)cc1Cl. The number of rotatable bonds is 6. The minimum Gasteiger partial charge on any atom is -0.381 e. The van der Waals surface area contributed by atoms with E-state index < -0.39 is 0 Å². The molecule has 1 heterocycles. The van der Waals surface area contributed by atoms with E-state index >= 15 is 0 Å². The van der Waals surface area contributed by atoms with Gasteiger partial charge >= 0.3 is 0 Å². The van der Waals surface area contributed by atoms with Gasteiger partial charge in [-0.3, -0.25) is 4.99 Å². The molecule has 0 bridgehead atoms. The largest absolute Gasteiger partial charge is 0.381 e. The van der Waals surface area contributed by atoms with Gasteiger partial charge in [-0.25, -0.2) is 0 Å². The van der Waals surface area contributed by atoms with Gasteiger partial charge in [0.15, 0.2) is 5.96 Å². The van der Waals surface area contributed by atoms with Crippen LogP contribution in [0.3, 0.4) is 0 Å². The predicted octanol–water partition coefficient (Wildman–Crippen LogP) is 3.72. The van der Waals surface area contributed by atoms with Crippen LogP contribution in [0.15, 0.2) is 23.2 Å². The Morgan fingerprint density at radius 2 is 2.00 bits per heavy atom. The van der Waals surface area contributed by atoms with Crippen molar-refractivity contribution in [3.8, 4) is 0 Å². The molecule has 2 N–H and O–H groups in total. The molecule has 2 rings (SSSR count). The smallest absolute Gasteiger partial charge is 0.191 e. The third-order valence-corrected chi connectivity index (χ3v) is 5.59. The quantitative estimate of drug-likeness (QED) is 0.564. The minimum atomic E-state index is 0.0163. The normalized spacial score (nSPS) is 18.7. The minimum absolute atomic E-state index is 0.0163. The zero-order valence-electron chi connectivity index (χ0n) is 16.1. The second kappa shape index (κ2) is 9.79. The van der Waals surface area contributed by atoms with Crippen LogP contribution in [0, 0.1) is 0 Å². The first-order valence-electron chi connectivity index (χ1n) is 9.13. The molecule has 146 valence electrons. The Labute approximate surface area is 167 Å². The van der Waals surface area contributed by atoms with Crippen LogP contribution < -0.4 is 10.6 Å². The lowest BCUT2D eigenvalue weighted by Gasteiger charge is -2.41. The van der Waals surface area contributed by atoms with E-state index in [2.05, 4.69) is 43.5 Å². The molecule has 26 heavy (non-hydrogen) atoms. The van der Waals surface area contributed by atoms with Gasteiger partial charge in [0.2, 0.25) is 0 Å². The van der Waals surface area contributed by atoms with Crippen molar-refractivity contribution in [2.75, 3.05) is 40.4 Å². The first-order chi connectivity index (χ1) is 12.4. The number of aliphatic imine (C=N–C) groups is 1. The number of halogens is 2. The molecule has 1 saturated heterocycles. The summed E-state index contributed by atoms with van der Waals surface area (Å²) in [7, 11) is 4.24. The van der Waals surface area contributed by atoms with E-state index in [-0.39, 0.29) is 11.6 Å². The lowest BCUT2D eigenvalue weighted by Crippen LogP contribution is -2.51. The van der Waals surface area contributed by atoms with E-state index in [4.69, 9.17) is 32.9 Å². The number of nitrogens with zero attached hydrogens (tertiary/aromatic N) is 2.